The third-order valence-electron chi connectivity index (χ3n) is 4.22. The van der Waals surface area contributed by atoms with Crippen LogP contribution in [-0.4, -0.2) is 13.2 Å². The molecule has 24 heavy (non-hydrogen) atoms. The number of aryl methyl sites for hydroxylation is 1. The van der Waals surface area contributed by atoms with E-state index in [0.29, 0.717) is 0 Å². The molecule has 2 aromatic rings. The first-order valence-electron chi connectivity index (χ1n) is 8.63. The molecule has 0 bridgehead atoms. The first kappa shape index (κ1) is 18.5. The molecular formula is C22H28OSi. The molecule has 0 aliphatic heterocycles. The summed E-state index contributed by atoms with van der Waals surface area (Å²) < 4.78 is 0. The summed E-state index contributed by atoms with van der Waals surface area (Å²) in [5.74, 6) is 3.35. The van der Waals surface area contributed by atoms with Crippen molar-refractivity contribution < 1.29 is 5.11 Å². The molecule has 0 aliphatic carbocycles. The Hall–Kier alpha value is -1.82. The molecule has 2 heteroatoms. The molecule has 0 heterocycles. The minimum absolute atomic E-state index is 0.0770. The molecule has 126 valence electrons. The molecule has 1 nitrogen and oxygen atoms in total. The van der Waals surface area contributed by atoms with E-state index in [9.17, 15) is 5.11 Å². The van der Waals surface area contributed by atoms with E-state index in [1.807, 2.05) is 43.3 Å². The van der Waals surface area contributed by atoms with E-state index in [2.05, 4.69) is 55.4 Å². The monoisotopic (exact) mass is 336 g/mol. The Morgan fingerprint density at radius 2 is 1.50 bits per heavy atom. The van der Waals surface area contributed by atoms with Crippen molar-refractivity contribution >= 4 is 8.07 Å². The average molecular weight is 337 g/mol. The standard InChI is InChI=1S/C22H28OSi/c1-22(23,20-13-9-6-10-14-20)21(17-18-24(2,3)4)16-15-19-11-7-5-8-12-19/h5-14,21,23H,15-16H2,1-4H3/t21-,22-/m1/s1. The highest BCUT2D eigenvalue weighted by Crippen LogP contribution is 2.32. The van der Waals surface area contributed by atoms with Crippen LogP contribution in [0.1, 0.15) is 24.5 Å². The maximum Gasteiger partial charge on any atom is 0.129 e. The van der Waals surface area contributed by atoms with Crippen LogP contribution in [0.15, 0.2) is 60.7 Å². The quantitative estimate of drug-likeness (QED) is 0.600. The van der Waals surface area contributed by atoms with E-state index >= 15 is 0 Å². The number of hydrogen-bond acceptors (Lipinski definition) is 1. The fourth-order valence-corrected chi connectivity index (χ4v) is 3.34. The summed E-state index contributed by atoms with van der Waals surface area (Å²) in [6, 6.07) is 20.4. The van der Waals surface area contributed by atoms with Gasteiger partial charge < -0.3 is 5.11 Å². The predicted molar refractivity (Wildman–Crippen MR) is 105 cm³/mol. The van der Waals surface area contributed by atoms with Gasteiger partial charge in [-0.15, -0.1) is 11.5 Å². The highest BCUT2D eigenvalue weighted by Gasteiger charge is 2.32. The number of rotatable bonds is 5. The molecule has 2 aromatic carbocycles. The zero-order chi connectivity index (χ0) is 17.6. The first-order chi connectivity index (χ1) is 11.3. The summed E-state index contributed by atoms with van der Waals surface area (Å²) in [7, 11) is -1.48. The van der Waals surface area contributed by atoms with E-state index in [1.54, 1.807) is 0 Å². The molecular weight excluding hydrogens is 308 g/mol. The third-order valence-corrected chi connectivity index (χ3v) is 5.12. The van der Waals surface area contributed by atoms with Gasteiger partial charge in [0.2, 0.25) is 0 Å². The van der Waals surface area contributed by atoms with Gasteiger partial charge in [-0.3, -0.25) is 0 Å². The Morgan fingerprint density at radius 3 is 2.04 bits per heavy atom. The normalized spacial score (nSPS) is 15.0. The largest absolute Gasteiger partial charge is 0.384 e. The van der Waals surface area contributed by atoms with E-state index in [1.165, 1.54) is 5.56 Å². The van der Waals surface area contributed by atoms with Crippen LogP contribution in [0.4, 0.5) is 0 Å². The van der Waals surface area contributed by atoms with Crippen molar-refractivity contribution in [2.75, 3.05) is 0 Å². The van der Waals surface area contributed by atoms with Crippen LogP contribution < -0.4 is 0 Å². The average Bonchev–Trinajstić information content (AvgIpc) is 2.55. The van der Waals surface area contributed by atoms with Crippen molar-refractivity contribution in [1.29, 1.82) is 0 Å². The van der Waals surface area contributed by atoms with Gasteiger partial charge >= 0.3 is 0 Å². The highest BCUT2D eigenvalue weighted by molar-refractivity contribution is 6.83. The van der Waals surface area contributed by atoms with E-state index in [4.69, 9.17) is 0 Å². The molecule has 2 atom stereocenters. The Kier molecular flexibility index (Phi) is 6.04. The second-order valence-electron chi connectivity index (χ2n) is 7.61. The van der Waals surface area contributed by atoms with Crippen LogP contribution >= 0.6 is 0 Å². The Balaban J connectivity index is 2.26. The summed E-state index contributed by atoms with van der Waals surface area (Å²) in [4.78, 5) is 0. The van der Waals surface area contributed by atoms with Crippen LogP contribution in [0.25, 0.3) is 0 Å². The lowest BCUT2D eigenvalue weighted by Crippen LogP contribution is -2.32. The minimum Gasteiger partial charge on any atom is -0.384 e. The van der Waals surface area contributed by atoms with Crippen molar-refractivity contribution in [3.05, 3.63) is 71.8 Å². The van der Waals surface area contributed by atoms with Crippen LogP contribution in [-0.2, 0) is 12.0 Å². The molecule has 0 spiro atoms. The van der Waals surface area contributed by atoms with Gasteiger partial charge in [-0.2, -0.15) is 0 Å². The lowest BCUT2D eigenvalue weighted by atomic mass is 9.80. The minimum atomic E-state index is -1.48. The molecule has 0 radical (unpaired) electrons. The molecule has 0 fully saturated rings. The second-order valence-corrected chi connectivity index (χ2v) is 12.4. The maximum atomic E-state index is 11.2. The van der Waals surface area contributed by atoms with Crippen molar-refractivity contribution in [2.24, 2.45) is 5.92 Å². The number of hydrogen-bond donors (Lipinski definition) is 1. The topological polar surface area (TPSA) is 20.2 Å². The molecule has 0 unspecified atom stereocenters. The molecule has 2 rings (SSSR count). The van der Waals surface area contributed by atoms with Crippen LogP contribution in [0.2, 0.25) is 19.6 Å². The Morgan fingerprint density at radius 1 is 0.958 bits per heavy atom. The smallest absolute Gasteiger partial charge is 0.129 e. The van der Waals surface area contributed by atoms with Crippen LogP contribution in [0, 0.1) is 17.4 Å². The fourth-order valence-electron chi connectivity index (χ4n) is 2.73. The second kappa shape index (κ2) is 7.83. The van der Waals surface area contributed by atoms with Gasteiger partial charge in [0, 0.05) is 0 Å². The highest BCUT2D eigenvalue weighted by atomic mass is 28.3. The molecule has 1 N–H and O–H groups in total. The zero-order valence-corrected chi connectivity index (χ0v) is 16.2. The summed E-state index contributed by atoms with van der Waals surface area (Å²) in [6.45, 7) is 8.62. The zero-order valence-electron chi connectivity index (χ0n) is 15.2. The summed E-state index contributed by atoms with van der Waals surface area (Å²) >= 11 is 0. The lowest BCUT2D eigenvalue weighted by molar-refractivity contribution is 0.0142. The molecule has 0 aliphatic rings. The fraction of sp³-hybridized carbons (Fsp3) is 0.364. The molecule has 0 saturated heterocycles. The Bertz CT molecular complexity index is 687. The van der Waals surface area contributed by atoms with Gasteiger partial charge in [-0.1, -0.05) is 80.3 Å². The summed E-state index contributed by atoms with van der Waals surface area (Å²) in [5, 5.41) is 11.2. The van der Waals surface area contributed by atoms with E-state index in [-0.39, 0.29) is 5.92 Å². The van der Waals surface area contributed by atoms with Gasteiger partial charge in [0.1, 0.15) is 13.7 Å². The summed E-state index contributed by atoms with van der Waals surface area (Å²) in [5.41, 5.74) is 4.75. The molecule has 0 amide bonds. The van der Waals surface area contributed by atoms with Crippen molar-refractivity contribution in [1.82, 2.24) is 0 Å². The first-order valence-corrected chi connectivity index (χ1v) is 12.1. The van der Waals surface area contributed by atoms with E-state index < -0.39 is 13.7 Å². The van der Waals surface area contributed by atoms with Gasteiger partial charge in [0.15, 0.2) is 0 Å². The Labute approximate surface area is 147 Å². The maximum absolute atomic E-state index is 11.2. The van der Waals surface area contributed by atoms with Gasteiger partial charge in [0.25, 0.3) is 0 Å². The lowest BCUT2D eigenvalue weighted by Gasteiger charge is -2.30. The summed E-state index contributed by atoms with van der Waals surface area (Å²) in [6.07, 6.45) is 1.78. The SMILES string of the molecule is C[C@@](O)(c1ccccc1)[C@@H](C#C[Si](C)(C)C)CCc1ccccc1. The number of benzene rings is 2. The van der Waals surface area contributed by atoms with Crippen LogP contribution in [0.5, 0.6) is 0 Å². The predicted octanol–water partition coefficient (Wildman–Crippen LogP) is 5.02. The van der Waals surface area contributed by atoms with Crippen LogP contribution in [0.3, 0.4) is 0 Å². The molecule has 0 saturated carbocycles. The van der Waals surface area contributed by atoms with Gasteiger partial charge in [0.05, 0.1) is 5.92 Å². The molecule has 0 aromatic heterocycles. The van der Waals surface area contributed by atoms with Gasteiger partial charge in [-0.25, -0.2) is 0 Å². The van der Waals surface area contributed by atoms with E-state index in [0.717, 1.165) is 18.4 Å². The van der Waals surface area contributed by atoms with Crippen molar-refractivity contribution in [2.45, 2.75) is 45.0 Å². The third kappa shape index (κ3) is 5.37. The van der Waals surface area contributed by atoms with Gasteiger partial charge in [-0.05, 0) is 30.9 Å². The van der Waals surface area contributed by atoms with Crippen molar-refractivity contribution in [3.8, 4) is 11.5 Å². The number of aliphatic hydroxyl groups is 1. The van der Waals surface area contributed by atoms with Crippen molar-refractivity contribution in [3.63, 3.8) is 0 Å².